The second-order valence-electron chi connectivity index (χ2n) is 8.40. The van der Waals surface area contributed by atoms with Crippen LogP contribution in [0.4, 0.5) is 0 Å². The Morgan fingerprint density at radius 3 is 2.68 bits per heavy atom. The van der Waals surface area contributed by atoms with E-state index in [-0.39, 0.29) is 11.9 Å². The lowest BCUT2D eigenvalue weighted by atomic mass is 9.95. The van der Waals surface area contributed by atoms with E-state index in [1.165, 1.54) is 0 Å². The quantitative estimate of drug-likeness (QED) is 0.432. The van der Waals surface area contributed by atoms with Gasteiger partial charge in [-0.3, -0.25) is 9.89 Å². The number of aromatic amines is 1. The zero-order valence-corrected chi connectivity index (χ0v) is 18.9. The van der Waals surface area contributed by atoms with Crippen LogP contribution < -0.4 is 4.74 Å². The predicted molar refractivity (Wildman–Crippen MR) is 124 cm³/mol. The van der Waals surface area contributed by atoms with Crippen molar-refractivity contribution in [3.63, 3.8) is 0 Å². The van der Waals surface area contributed by atoms with E-state index in [9.17, 15) is 4.79 Å². The molecule has 5 nitrogen and oxygen atoms in total. The van der Waals surface area contributed by atoms with Gasteiger partial charge in [-0.1, -0.05) is 63.1 Å². The molecule has 162 valence electrons. The third-order valence-electron chi connectivity index (χ3n) is 5.48. The maximum atomic E-state index is 13.3. The van der Waals surface area contributed by atoms with Crippen molar-refractivity contribution < 1.29 is 9.53 Å². The summed E-state index contributed by atoms with van der Waals surface area (Å²) in [4.78, 5) is 15.3. The first-order valence-corrected chi connectivity index (χ1v) is 11.2. The molecule has 1 atom stereocenters. The van der Waals surface area contributed by atoms with Gasteiger partial charge >= 0.3 is 0 Å². The molecular formula is C25H28ClN3O2. The van der Waals surface area contributed by atoms with Gasteiger partial charge in [-0.25, -0.2) is 0 Å². The van der Waals surface area contributed by atoms with Crippen LogP contribution in [0.15, 0.2) is 48.5 Å². The molecule has 1 N–H and O–H groups in total. The van der Waals surface area contributed by atoms with Gasteiger partial charge in [0.25, 0.3) is 5.91 Å². The molecule has 0 spiro atoms. The van der Waals surface area contributed by atoms with Crippen LogP contribution in [0.2, 0.25) is 5.02 Å². The van der Waals surface area contributed by atoms with Gasteiger partial charge in [0.2, 0.25) is 0 Å². The fourth-order valence-corrected chi connectivity index (χ4v) is 4.19. The Morgan fingerprint density at radius 1 is 1.19 bits per heavy atom. The molecule has 0 fully saturated rings. The summed E-state index contributed by atoms with van der Waals surface area (Å²) in [6.45, 7) is 7.74. The van der Waals surface area contributed by atoms with Gasteiger partial charge in [0.15, 0.2) is 0 Å². The first-order valence-electron chi connectivity index (χ1n) is 10.9. The van der Waals surface area contributed by atoms with Crippen molar-refractivity contribution >= 4 is 17.5 Å². The fourth-order valence-electron chi connectivity index (χ4n) is 4.06. The number of hydrogen-bond acceptors (Lipinski definition) is 3. The third kappa shape index (κ3) is 4.33. The lowest BCUT2D eigenvalue weighted by Gasteiger charge is -2.28. The summed E-state index contributed by atoms with van der Waals surface area (Å²) < 4.78 is 5.95. The van der Waals surface area contributed by atoms with Crippen molar-refractivity contribution in [2.45, 2.75) is 39.7 Å². The number of carbonyl (C=O) groups is 1. The minimum absolute atomic E-state index is 0.0151. The minimum Gasteiger partial charge on any atom is -0.494 e. The Balaban J connectivity index is 1.78. The SMILES string of the molecule is CCCCOc1cccc(C2c3c(-c4ccc(Cl)cc4)n[nH]c3C(=O)N2CC(C)C)c1. The Labute approximate surface area is 188 Å². The topological polar surface area (TPSA) is 58.2 Å². The average molecular weight is 438 g/mol. The monoisotopic (exact) mass is 437 g/mol. The molecule has 1 amide bonds. The summed E-state index contributed by atoms with van der Waals surface area (Å²) in [6, 6.07) is 15.4. The highest BCUT2D eigenvalue weighted by Crippen LogP contribution is 2.43. The van der Waals surface area contributed by atoms with Crippen molar-refractivity contribution in [3.8, 4) is 17.0 Å². The summed E-state index contributed by atoms with van der Waals surface area (Å²) in [5.41, 5.74) is 4.22. The number of fused-ring (bicyclic) bond motifs is 1. The zero-order valence-electron chi connectivity index (χ0n) is 18.2. The van der Waals surface area contributed by atoms with E-state index < -0.39 is 0 Å². The summed E-state index contributed by atoms with van der Waals surface area (Å²) in [5.74, 6) is 1.15. The molecule has 4 rings (SSSR count). The Kier molecular flexibility index (Phi) is 6.33. The molecular weight excluding hydrogens is 410 g/mol. The molecule has 3 aromatic rings. The number of ether oxygens (including phenoxy) is 1. The number of halogens is 1. The van der Waals surface area contributed by atoms with Crippen LogP contribution in [0.3, 0.4) is 0 Å². The Hall–Kier alpha value is -2.79. The van der Waals surface area contributed by atoms with Gasteiger partial charge in [0, 0.05) is 22.7 Å². The predicted octanol–water partition coefficient (Wildman–Crippen LogP) is 6.11. The molecule has 1 aromatic heterocycles. The molecule has 0 radical (unpaired) electrons. The van der Waals surface area contributed by atoms with Crippen LogP contribution >= 0.6 is 11.6 Å². The second-order valence-corrected chi connectivity index (χ2v) is 8.83. The number of unbranched alkanes of at least 4 members (excludes halogenated alkanes) is 1. The highest BCUT2D eigenvalue weighted by atomic mass is 35.5. The molecule has 1 aliphatic heterocycles. The van der Waals surface area contributed by atoms with Crippen molar-refractivity contribution in [1.29, 1.82) is 0 Å². The zero-order chi connectivity index (χ0) is 22.0. The van der Waals surface area contributed by atoms with Gasteiger partial charge in [-0.05, 0) is 42.2 Å². The summed E-state index contributed by atoms with van der Waals surface area (Å²) in [6.07, 6.45) is 2.10. The summed E-state index contributed by atoms with van der Waals surface area (Å²) >= 11 is 6.08. The lowest BCUT2D eigenvalue weighted by Crippen LogP contribution is -2.32. The number of carbonyl (C=O) groups excluding carboxylic acids is 1. The van der Waals surface area contributed by atoms with Crippen LogP contribution in [0, 0.1) is 5.92 Å². The van der Waals surface area contributed by atoms with E-state index in [1.54, 1.807) is 0 Å². The number of nitrogens with zero attached hydrogens (tertiary/aromatic N) is 2. The van der Waals surface area contributed by atoms with Crippen molar-refractivity contribution in [3.05, 3.63) is 70.4 Å². The van der Waals surface area contributed by atoms with Crippen LogP contribution in [-0.4, -0.2) is 34.2 Å². The first-order chi connectivity index (χ1) is 15.0. The van der Waals surface area contributed by atoms with Crippen molar-refractivity contribution in [1.82, 2.24) is 15.1 Å². The van der Waals surface area contributed by atoms with E-state index in [2.05, 4.69) is 43.1 Å². The van der Waals surface area contributed by atoms with Gasteiger partial charge in [0.1, 0.15) is 11.4 Å². The van der Waals surface area contributed by atoms with E-state index in [0.29, 0.717) is 29.8 Å². The van der Waals surface area contributed by atoms with Crippen molar-refractivity contribution in [2.75, 3.05) is 13.2 Å². The number of rotatable bonds is 8. The van der Waals surface area contributed by atoms with Gasteiger partial charge < -0.3 is 9.64 Å². The summed E-state index contributed by atoms with van der Waals surface area (Å²) in [5, 5.41) is 8.19. The number of nitrogens with one attached hydrogen (secondary N) is 1. The number of benzene rings is 2. The molecule has 0 saturated carbocycles. The molecule has 1 aliphatic rings. The number of hydrogen-bond donors (Lipinski definition) is 1. The molecule has 2 aromatic carbocycles. The van der Waals surface area contributed by atoms with E-state index >= 15 is 0 Å². The maximum Gasteiger partial charge on any atom is 0.273 e. The molecule has 0 saturated heterocycles. The first kappa shape index (κ1) is 21.4. The number of aromatic nitrogens is 2. The van der Waals surface area contributed by atoms with Gasteiger partial charge in [0.05, 0.1) is 18.3 Å². The van der Waals surface area contributed by atoms with E-state index in [0.717, 1.165) is 41.0 Å². The minimum atomic E-state index is -0.218. The Bertz CT molecular complexity index is 1060. The van der Waals surface area contributed by atoms with Crippen LogP contribution in [0.1, 0.15) is 61.3 Å². The van der Waals surface area contributed by atoms with Crippen LogP contribution in [-0.2, 0) is 0 Å². The van der Waals surface area contributed by atoms with E-state index in [4.69, 9.17) is 16.3 Å². The standard InChI is InChI=1S/C25H28ClN3O2/c1-4-5-13-31-20-8-6-7-18(14-20)24-21-22(17-9-11-19(26)12-10-17)27-28-23(21)25(30)29(24)15-16(2)3/h6-12,14,16,24H,4-5,13,15H2,1-3H3,(H,27,28). The van der Waals surface area contributed by atoms with E-state index in [1.807, 2.05) is 41.3 Å². The maximum absolute atomic E-state index is 13.3. The third-order valence-corrected chi connectivity index (χ3v) is 5.74. The normalized spacial score (nSPS) is 15.6. The molecule has 2 heterocycles. The number of H-pyrrole nitrogens is 1. The van der Waals surface area contributed by atoms with Crippen LogP contribution in [0.25, 0.3) is 11.3 Å². The lowest BCUT2D eigenvalue weighted by molar-refractivity contribution is 0.0722. The van der Waals surface area contributed by atoms with Crippen molar-refractivity contribution in [2.24, 2.45) is 5.92 Å². The largest absolute Gasteiger partial charge is 0.494 e. The van der Waals surface area contributed by atoms with Gasteiger partial charge in [-0.15, -0.1) is 0 Å². The fraction of sp³-hybridized carbons (Fsp3) is 0.360. The molecule has 0 bridgehead atoms. The van der Waals surface area contributed by atoms with Gasteiger partial charge in [-0.2, -0.15) is 5.10 Å². The van der Waals surface area contributed by atoms with Crippen LogP contribution in [0.5, 0.6) is 5.75 Å². The summed E-state index contributed by atoms with van der Waals surface area (Å²) in [7, 11) is 0. The number of amides is 1. The molecule has 31 heavy (non-hydrogen) atoms. The highest BCUT2D eigenvalue weighted by molar-refractivity contribution is 6.30. The highest BCUT2D eigenvalue weighted by Gasteiger charge is 2.42. The Morgan fingerprint density at radius 2 is 1.97 bits per heavy atom. The molecule has 1 unspecified atom stereocenters. The molecule has 6 heteroatoms. The second kappa shape index (κ2) is 9.15. The average Bonchev–Trinajstić information content (AvgIpc) is 3.28. The smallest absolute Gasteiger partial charge is 0.273 e. The molecule has 0 aliphatic carbocycles.